The van der Waals surface area contributed by atoms with Crippen molar-refractivity contribution in [2.24, 2.45) is 5.92 Å². The van der Waals surface area contributed by atoms with E-state index in [1.807, 2.05) is 25.1 Å². The van der Waals surface area contributed by atoms with Gasteiger partial charge in [0.1, 0.15) is 0 Å². The summed E-state index contributed by atoms with van der Waals surface area (Å²) in [5.41, 5.74) is 4.63. The molecule has 1 heterocycles. The monoisotopic (exact) mass is 340 g/mol. The molecule has 0 radical (unpaired) electrons. The van der Waals surface area contributed by atoms with E-state index in [4.69, 9.17) is 11.6 Å². The first-order valence-electron chi connectivity index (χ1n) is 8.03. The second-order valence-electron chi connectivity index (χ2n) is 6.46. The van der Waals surface area contributed by atoms with Crippen molar-refractivity contribution in [2.75, 3.05) is 5.32 Å². The maximum absolute atomic E-state index is 10.9. The number of nitrogens with one attached hydrogen (secondary N) is 1. The van der Waals surface area contributed by atoms with Crippen LogP contribution in [0.3, 0.4) is 0 Å². The highest BCUT2D eigenvalue weighted by atomic mass is 35.5. The van der Waals surface area contributed by atoms with Crippen molar-refractivity contribution in [3.63, 3.8) is 0 Å². The highest BCUT2D eigenvalue weighted by molar-refractivity contribution is 6.31. The first-order chi connectivity index (χ1) is 11.6. The van der Waals surface area contributed by atoms with E-state index in [0.717, 1.165) is 28.3 Å². The molecule has 4 nitrogen and oxygen atoms in total. The number of anilines is 1. The summed E-state index contributed by atoms with van der Waals surface area (Å²) < 4.78 is 0. The molecule has 0 saturated heterocycles. The predicted octanol–water partition coefficient (Wildman–Crippen LogP) is 5.38. The standard InChI is InChI=1S/C19H17ClN2O2/c1-11-17(20)10-9-16-14-3-2-4-15(14)19(21-18(11)16)12-5-7-13(8-6-12)22(23)24/h2-3,5-10,14-15,19,21H,4H2,1H3/t14-,15+,19+/m0/s1. The lowest BCUT2D eigenvalue weighted by molar-refractivity contribution is -0.384. The van der Waals surface area contributed by atoms with Crippen molar-refractivity contribution in [3.8, 4) is 0 Å². The Labute approximate surface area is 145 Å². The van der Waals surface area contributed by atoms with Crippen LogP contribution in [0.5, 0.6) is 0 Å². The molecule has 2 aromatic carbocycles. The van der Waals surface area contributed by atoms with E-state index in [9.17, 15) is 10.1 Å². The van der Waals surface area contributed by atoms with E-state index in [-0.39, 0.29) is 16.7 Å². The van der Waals surface area contributed by atoms with Crippen LogP contribution in [0.25, 0.3) is 0 Å². The van der Waals surface area contributed by atoms with Crippen LogP contribution in [0.15, 0.2) is 48.6 Å². The zero-order valence-corrected chi connectivity index (χ0v) is 14.0. The van der Waals surface area contributed by atoms with Gasteiger partial charge in [-0.1, -0.05) is 42.0 Å². The van der Waals surface area contributed by atoms with E-state index >= 15 is 0 Å². The molecule has 0 spiro atoms. The third-order valence-electron chi connectivity index (χ3n) is 5.19. The van der Waals surface area contributed by atoms with Gasteiger partial charge in [-0.2, -0.15) is 0 Å². The number of hydrogen-bond acceptors (Lipinski definition) is 3. The van der Waals surface area contributed by atoms with Crippen LogP contribution in [-0.4, -0.2) is 4.92 Å². The normalized spacial score (nSPS) is 24.2. The second kappa shape index (κ2) is 5.64. The zero-order chi connectivity index (χ0) is 16.8. The third kappa shape index (κ3) is 2.29. The number of rotatable bonds is 2. The van der Waals surface area contributed by atoms with Crippen LogP contribution < -0.4 is 5.32 Å². The van der Waals surface area contributed by atoms with Crippen LogP contribution in [0.2, 0.25) is 5.02 Å². The molecule has 0 fully saturated rings. The van der Waals surface area contributed by atoms with Crippen molar-refractivity contribution in [2.45, 2.75) is 25.3 Å². The maximum Gasteiger partial charge on any atom is 0.269 e. The number of non-ortho nitro benzene ring substituents is 1. The van der Waals surface area contributed by atoms with Crippen LogP contribution >= 0.6 is 11.6 Å². The smallest absolute Gasteiger partial charge is 0.269 e. The van der Waals surface area contributed by atoms with Gasteiger partial charge in [-0.3, -0.25) is 10.1 Å². The van der Waals surface area contributed by atoms with E-state index in [1.54, 1.807) is 12.1 Å². The zero-order valence-electron chi connectivity index (χ0n) is 13.2. The predicted molar refractivity (Wildman–Crippen MR) is 95.6 cm³/mol. The molecule has 122 valence electrons. The Morgan fingerprint density at radius 2 is 1.96 bits per heavy atom. The third-order valence-corrected chi connectivity index (χ3v) is 5.60. The molecule has 0 amide bonds. The summed E-state index contributed by atoms with van der Waals surface area (Å²) in [7, 11) is 0. The van der Waals surface area contributed by atoms with Gasteiger partial charge in [0, 0.05) is 28.8 Å². The van der Waals surface area contributed by atoms with Crippen LogP contribution in [0.4, 0.5) is 11.4 Å². The van der Waals surface area contributed by atoms with Crippen molar-refractivity contribution >= 4 is 23.0 Å². The molecular weight excluding hydrogens is 324 g/mol. The van der Waals surface area contributed by atoms with Crippen LogP contribution in [0, 0.1) is 23.0 Å². The molecular formula is C19H17ClN2O2. The van der Waals surface area contributed by atoms with E-state index in [2.05, 4.69) is 23.5 Å². The summed E-state index contributed by atoms with van der Waals surface area (Å²) in [5.74, 6) is 0.775. The number of nitro benzene ring substituents is 1. The second-order valence-corrected chi connectivity index (χ2v) is 6.87. The van der Waals surface area contributed by atoms with Crippen molar-refractivity contribution in [1.29, 1.82) is 0 Å². The topological polar surface area (TPSA) is 55.2 Å². The number of halogens is 1. The minimum Gasteiger partial charge on any atom is -0.377 e. The molecule has 1 aliphatic carbocycles. The van der Waals surface area contributed by atoms with Crippen LogP contribution in [0.1, 0.15) is 35.1 Å². The highest BCUT2D eigenvalue weighted by Crippen LogP contribution is 2.51. The minimum absolute atomic E-state index is 0.121. The van der Waals surface area contributed by atoms with Gasteiger partial charge in [-0.25, -0.2) is 0 Å². The Balaban J connectivity index is 1.77. The van der Waals surface area contributed by atoms with Crippen LogP contribution in [-0.2, 0) is 0 Å². The maximum atomic E-state index is 10.9. The van der Waals surface area contributed by atoms with Gasteiger partial charge in [0.05, 0.1) is 11.0 Å². The van der Waals surface area contributed by atoms with Crippen molar-refractivity contribution in [3.05, 3.63) is 80.4 Å². The molecule has 24 heavy (non-hydrogen) atoms. The summed E-state index contributed by atoms with van der Waals surface area (Å²) in [6, 6.07) is 11.1. The Kier molecular flexibility index (Phi) is 3.57. The van der Waals surface area contributed by atoms with Gasteiger partial charge in [-0.15, -0.1) is 0 Å². The molecule has 2 aliphatic rings. The molecule has 1 aliphatic heterocycles. The van der Waals surface area contributed by atoms with E-state index in [0.29, 0.717) is 11.8 Å². The quantitative estimate of drug-likeness (QED) is 0.453. The molecule has 0 unspecified atom stereocenters. The fraction of sp³-hybridized carbons (Fsp3) is 0.263. The van der Waals surface area contributed by atoms with Gasteiger partial charge in [0.15, 0.2) is 0 Å². The lowest BCUT2D eigenvalue weighted by Gasteiger charge is -2.38. The van der Waals surface area contributed by atoms with Crippen molar-refractivity contribution in [1.82, 2.24) is 0 Å². The van der Waals surface area contributed by atoms with Gasteiger partial charge in [-0.05, 0) is 42.0 Å². The Morgan fingerprint density at radius 1 is 1.21 bits per heavy atom. The largest absolute Gasteiger partial charge is 0.377 e. The van der Waals surface area contributed by atoms with E-state index in [1.165, 1.54) is 5.56 Å². The van der Waals surface area contributed by atoms with Gasteiger partial charge < -0.3 is 5.32 Å². The average molecular weight is 341 g/mol. The summed E-state index contributed by atoms with van der Waals surface area (Å²) in [6.07, 6.45) is 5.50. The summed E-state index contributed by atoms with van der Waals surface area (Å²) in [4.78, 5) is 10.5. The fourth-order valence-corrected chi connectivity index (χ4v) is 4.08. The minimum atomic E-state index is -0.364. The highest BCUT2D eigenvalue weighted by Gasteiger charge is 2.38. The number of nitro groups is 1. The van der Waals surface area contributed by atoms with E-state index < -0.39 is 0 Å². The van der Waals surface area contributed by atoms with Gasteiger partial charge >= 0.3 is 0 Å². The average Bonchev–Trinajstić information content (AvgIpc) is 3.07. The molecule has 2 aromatic rings. The molecule has 1 N–H and O–H groups in total. The molecule has 3 atom stereocenters. The lowest BCUT2D eigenvalue weighted by Crippen LogP contribution is -2.29. The number of fused-ring (bicyclic) bond motifs is 3. The number of benzene rings is 2. The molecule has 0 bridgehead atoms. The lowest BCUT2D eigenvalue weighted by atomic mass is 9.76. The summed E-state index contributed by atoms with van der Waals surface area (Å²) in [6.45, 7) is 2.03. The number of hydrogen-bond donors (Lipinski definition) is 1. The Morgan fingerprint density at radius 3 is 2.67 bits per heavy atom. The Hall–Kier alpha value is -2.33. The van der Waals surface area contributed by atoms with Crippen molar-refractivity contribution < 1.29 is 4.92 Å². The van der Waals surface area contributed by atoms with Gasteiger partial charge in [0.25, 0.3) is 5.69 Å². The Bertz CT molecular complexity index is 845. The molecule has 0 saturated carbocycles. The summed E-state index contributed by atoms with van der Waals surface area (Å²) >= 11 is 6.30. The first kappa shape index (κ1) is 15.2. The summed E-state index contributed by atoms with van der Waals surface area (Å²) in [5, 5.41) is 15.3. The SMILES string of the molecule is Cc1c(Cl)ccc2c1N[C@H](c1ccc([N+](=O)[O-])cc1)[C@@H]1CC=C[C@H]21. The molecule has 0 aromatic heterocycles. The van der Waals surface area contributed by atoms with Gasteiger partial charge in [0.2, 0.25) is 0 Å². The number of nitrogens with zero attached hydrogens (tertiary/aromatic N) is 1. The molecule has 5 heteroatoms. The molecule has 4 rings (SSSR count). The fourth-order valence-electron chi connectivity index (χ4n) is 3.92. The number of allylic oxidation sites excluding steroid dienone is 2. The first-order valence-corrected chi connectivity index (χ1v) is 8.40.